The van der Waals surface area contributed by atoms with Crippen molar-refractivity contribution in [2.75, 3.05) is 25.6 Å². The Balaban J connectivity index is 1.86. The summed E-state index contributed by atoms with van der Waals surface area (Å²) >= 11 is 0. The number of nitrogen functional groups attached to an aromatic ring is 1. The monoisotopic (exact) mass is 222 g/mol. The number of aryl methyl sites for hydroxylation is 1. The molecule has 1 fully saturated rings. The summed E-state index contributed by atoms with van der Waals surface area (Å²) in [5.41, 5.74) is 7.51. The standard InChI is InChI=1S/C12H18N2O2/c1-9-7-14-12(6-11(9)13)16-8-10-2-4-15-5-3-10/h6-7,10H,2-5,8H2,1H3,(H2,13,14). The number of anilines is 1. The zero-order valence-corrected chi connectivity index (χ0v) is 9.61. The molecule has 1 aliphatic rings. The van der Waals surface area contributed by atoms with Crippen molar-refractivity contribution in [1.29, 1.82) is 0 Å². The Morgan fingerprint density at radius 2 is 2.25 bits per heavy atom. The minimum atomic E-state index is 0.582. The van der Waals surface area contributed by atoms with Gasteiger partial charge in [0.1, 0.15) is 0 Å². The van der Waals surface area contributed by atoms with Gasteiger partial charge in [-0.15, -0.1) is 0 Å². The van der Waals surface area contributed by atoms with Crippen molar-refractivity contribution >= 4 is 5.69 Å². The molecule has 0 unspecified atom stereocenters. The number of hydrogen-bond donors (Lipinski definition) is 1. The van der Waals surface area contributed by atoms with Gasteiger partial charge in [0.2, 0.25) is 5.88 Å². The van der Waals surface area contributed by atoms with E-state index in [4.69, 9.17) is 15.2 Å². The van der Waals surface area contributed by atoms with E-state index in [1.54, 1.807) is 12.3 Å². The van der Waals surface area contributed by atoms with Crippen LogP contribution in [0.25, 0.3) is 0 Å². The second-order valence-electron chi connectivity index (χ2n) is 4.25. The van der Waals surface area contributed by atoms with Crippen LogP contribution < -0.4 is 10.5 Å². The van der Waals surface area contributed by atoms with Gasteiger partial charge in [0.25, 0.3) is 0 Å². The number of pyridine rings is 1. The molecule has 2 rings (SSSR count). The lowest BCUT2D eigenvalue weighted by Gasteiger charge is -2.21. The Morgan fingerprint density at radius 3 is 2.94 bits per heavy atom. The predicted octanol–water partition coefficient (Wildman–Crippen LogP) is 1.78. The van der Waals surface area contributed by atoms with Gasteiger partial charge < -0.3 is 15.2 Å². The predicted molar refractivity (Wildman–Crippen MR) is 62.4 cm³/mol. The average Bonchev–Trinajstić information content (AvgIpc) is 2.32. The summed E-state index contributed by atoms with van der Waals surface area (Å²) in [5, 5.41) is 0. The maximum absolute atomic E-state index is 5.79. The lowest BCUT2D eigenvalue weighted by atomic mass is 10.0. The average molecular weight is 222 g/mol. The van der Waals surface area contributed by atoms with E-state index < -0.39 is 0 Å². The SMILES string of the molecule is Cc1cnc(OCC2CCOCC2)cc1N. The molecule has 0 spiro atoms. The van der Waals surface area contributed by atoms with Gasteiger partial charge in [0, 0.05) is 31.2 Å². The first-order chi connectivity index (χ1) is 7.75. The van der Waals surface area contributed by atoms with Crippen LogP contribution in [0.15, 0.2) is 12.3 Å². The van der Waals surface area contributed by atoms with Crippen molar-refractivity contribution in [3.05, 3.63) is 17.8 Å². The lowest BCUT2D eigenvalue weighted by molar-refractivity contribution is 0.0490. The first-order valence-electron chi connectivity index (χ1n) is 5.68. The molecule has 4 nitrogen and oxygen atoms in total. The topological polar surface area (TPSA) is 57.4 Å². The molecule has 0 amide bonds. The summed E-state index contributed by atoms with van der Waals surface area (Å²) in [4.78, 5) is 4.19. The second-order valence-corrected chi connectivity index (χ2v) is 4.25. The van der Waals surface area contributed by atoms with Crippen LogP contribution in [0.4, 0.5) is 5.69 Å². The zero-order chi connectivity index (χ0) is 11.4. The van der Waals surface area contributed by atoms with Crippen LogP contribution in [-0.2, 0) is 4.74 Å². The Labute approximate surface area is 95.8 Å². The summed E-state index contributed by atoms with van der Waals surface area (Å²) in [7, 11) is 0. The molecule has 16 heavy (non-hydrogen) atoms. The summed E-state index contributed by atoms with van der Waals surface area (Å²) in [6.07, 6.45) is 3.89. The molecule has 2 N–H and O–H groups in total. The molecule has 0 saturated carbocycles. The first-order valence-corrected chi connectivity index (χ1v) is 5.68. The third-order valence-corrected chi connectivity index (χ3v) is 2.93. The van der Waals surface area contributed by atoms with E-state index in [0.29, 0.717) is 18.4 Å². The van der Waals surface area contributed by atoms with Crippen LogP contribution >= 0.6 is 0 Å². The van der Waals surface area contributed by atoms with Crippen LogP contribution in [-0.4, -0.2) is 24.8 Å². The molecule has 1 saturated heterocycles. The first kappa shape index (κ1) is 11.2. The summed E-state index contributed by atoms with van der Waals surface area (Å²) in [6, 6.07) is 1.79. The molecule has 2 heterocycles. The van der Waals surface area contributed by atoms with Crippen molar-refractivity contribution in [2.24, 2.45) is 5.92 Å². The Kier molecular flexibility index (Phi) is 3.62. The zero-order valence-electron chi connectivity index (χ0n) is 9.61. The van der Waals surface area contributed by atoms with E-state index in [1.807, 2.05) is 6.92 Å². The van der Waals surface area contributed by atoms with Crippen LogP contribution in [0.2, 0.25) is 0 Å². The number of rotatable bonds is 3. The van der Waals surface area contributed by atoms with Crippen molar-refractivity contribution in [3.8, 4) is 5.88 Å². The third-order valence-electron chi connectivity index (χ3n) is 2.93. The minimum Gasteiger partial charge on any atom is -0.477 e. The van der Waals surface area contributed by atoms with E-state index in [1.165, 1.54) is 0 Å². The van der Waals surface area contributed by atoms with Gasteiger partial charge in [0.05, 0.1) is 6.61 Å². The normalized spacial score (nSPS) is 17.3. The van der Waals surface area contributed by atoms with Crippen molar-refractivity contribution < 1.29 is 9.47 Å². The van der Waals surface area contributed by atoms with Gasteiger partial charge in [-0.3, -0.25) is 0 Å². The van der Waals surface area contributed by atoms with Crippen LogP contribution in [0, 0.1) is 12.8 Å². The van der Waals surface area contributed by atoms with Gasteiger partial charge in [0.15, 0.2) is 0 Å². The molecule has 0 radical (unpaired) electrons. The highest BCUT2D eigenvalue weighted by Gasteiger charge is 2.14. The smallest absolute Gasteiger partial charge is 0.215 e. The summed E-state index contributed by atoms with van der Waals surface area (Å²) < 4.78 is 10.9. The minimum absolute atomic E-state index is 0.582. The highest BCUT2D eigenvalue weighted by Crippen LogP contribution is 2.19. The van der Waals surface area contributed by atoms with Crippen LogP contribution in [0.1, 0.15) is 18.4 Å². The van der Waals surface area contributed by atoms with Crippen molar-refractivity contribution in [2.45, 2.75) is 19.8 Å². The fourth-order valence-electron chi connectivity index (χ4n) is 1.71. The van der Waals surface area contributed by atoms with E-state index in [0.717, 1.165) is 37.3 Å². The highest BCUT2D eigenvalue weighted by atomic mass is 16.5. The molecule has 0 bridgehead atoms. The molecule has 4 heteroatoms. The van der Waals surface area contributed by atoms with Crippen LogP contribution in [0.5, 0.6) is 5.88 Å². The fourth-order valence-corrected chi connectivity index (χ4v) is 1.71. The number of ether oxygens (including phenoxy) is 2. The number of nitrogens with zero attached hydrogens (tertiary/aromatic N) is 1. The molecule has 1 aliphatic heterocycles. The molecule has 1 aromatic heterocycles. The van der Waals surface area contributed by atoms with Crippen molar-refractivity contribution in [3.63, 3.8) is 0 Å². The number of hydrogen-bond acceptors (Lipinski definition) is 4. The third kappa shape index (κ3) is 2.85. The summed E-state index contributed by atoms with van der Waals surface area (Å²) in [6.45, 7) is 4.33. The molecule has 88 valence electrons. The Bertz CT molecular complexity index is 349. The second kappa shape index (κ2) is 5.16. The Morgan fingerprint density at radius 1 is 1.50 bits per heavy atom. The van der Waals surface area contributed by atoms with E-state index >= 15 is 0 Å². The maximum Gasteiger partial charge on any atom is 0.215 e. The molecule has 1 aromatic rings. The van der Waals surface area contributed by atoms with Crippen molar-refractivity contribution in [1.82, 2.24) is 4.98 Å². The maximum atomic E-state index is 5.79. The van der Waals surface area contributed by atoms with Crippen LogP contribution in [0.3, 0.4) is 0 Å². The van der Waals surface area contributed by atoms with Gasteiger partial charge in [-0.05, 0) is 31.2 Å². The molecule has 0 atom stereocenters. The lowest BCUT2D eigenvalue weighted by Crippen LogP contribution is -2.21. The van der Waals surface area contributed by atoms with Gasteiger partial charge in [-0.25, -0.2) is 4.98 Å². The van der Waals surface area contributed by atoms with Gasteiger partial charge in [-0.2, -0.15) is 0 Å². The highest BCUT2D eigenvalue weighted by molar-refractivity contribution is 5.47. The van der Waals surface area contributed by atoms with E-state index in [9.17, 15) is 0 Å². The Hall–Kier alpha value is -1.29. The largest absolute Gasteiger partial charge is 0.477 e. The number of nitrogens with two attached hydrogens (primary N) is 1. The molecular formula is C12H18N2O2. The molecular weight excluding hydrogens is 204 g/mol. The van der Waals surface area contributed by atoms with Gasteiger partial charge in [-0.1, -0.05) is 0 Å². The van der Waals surface area contributed by atoms with Gasteiger partial charge >= 0.3 is 0 Å². The quantitative estimate of drug-likeness (QED) is 0.847. The fraction of sp³-hybridized carbons (Fsp3) is 0.583. The van der Waals surface area contributed by atoms with E-state index in [-0.39, 0.29) is 0 Å². The van der Waals surface area contributed by atoms with E-state index in [2.05, 4.69) is 4.98 Å². The molecule has 0 aromatic carbocycles. The molecule has 0 aliphatic carbocycles. The summed E-state index contributed by atoms with van der Waals surface area (Å²) in [5.74, 6) is 1.20. The number of aromatic nitrogens is 1.